The van der Waals surface area contributed by atoms with E-state index in [0.29, 0.717) is 30.1 Å². The summed E-state index contributed by atoms with van der Waals surface area (Å²) in [5.41, 5.74) is 1.52. The van der Waals surface area contributed by atoms with Crippen LogP contribution in [0.15, 0.2) is 48.5 Å². The van der Waals surface area contributed by atoms with E-state index in [2.05, 4.69) is 4.72 Å². The second-order valence-electron chi connectivity index (χ2n) is 10.4. The Hall–Kier alpha value is -2.45. The molecule has 182 valence electrons. The molecule has 8 heteroatoms. The van der Waals surface area contributed by atoms with Gasteiger partial charge in [0.1, 0.15) is 5.82 Å². The molecule has 2 saturated carbocycles. The van der Waals surface area contributed by atoms with Gasteiger partial charge in [0.2, 0.25) is 10.0 Å². The number of likely N-dealkylation sites (tertiary alicyclic amines) is 1. The summed E-state index contributed by atoms with van der Waals surface area (Å²) in [7, 11) is -1.69. The van der Waals surface area contributed by atoms with E-state index in [1.54, 1.807) is 21.9 Å². The zero-order valence-electron chi connectivity index (χ0n) is 19.7. The van der Waals surface area contributed by atoms with Crippen LogP contribution in [0.25, 0.3) is 11.1 Å². The highest BCUT2D eigenvalue weighted by Crippen LogP contribution is 2.55. The number of nitrogens with one attached hydrogen (secondary N) is 1. The lowest BCUT2D eigenvalue weighted by Gasteiger charge is -2.32. The number of carbonyl (C=O) groups excluding carboxylic acids is 1. The molecular formula is C26H32FN3O3S. The molecule has 0 radical (unpaired) electrons. The minimum atomic E-state index is -3.50. The molecule has 34 heavy (non-hydrogen) atoms. The van der Waals surface area contributed by atoms with E-state index in [0.717, 1.165) is 37.5 Å². The van der Waals surface area contributed by atoms with Crippen LogP contribution in [0.5, 0.6) is 0 Å². The van der Waals surface area contributed by atoms with Gasteiger partial charge in [0.05, 0.1) is 12.3 Å². The fourth-order valence-electron chi connectivity index (χ4n) is 5.43. The number of amides is 2. The molecule has 2 aromatic carbocycles. The molecule has 1 spiro atoms. The Labute approximate surface area is 201 Å². The van der Waals surface area contributed by atoms with Crippen molar-refractivity contribution >= 4 is 16.1 Å². The predicted molar refractivity (Wildman–Crippen MR) is 130 cm³/mol. The molecule has 2 aliphatic carbocycles. The van der Waals surface area contributed by atoms with Crippen molar-refractivity contribution in [1.82, 2.24) is 14.5 Å². The van der Waals surface area contributed by atoms with Crippen molar-refractivity contribution in [3.8, 4) is 11.1 Å². The van der Waals surface area contributed by atoms with Crippen LogP contribution in [0, 0.1) is 17.2 Å². The minimum absolute atomic E-state index is 0.0967. The Morgan fingerprint density at radius 2 is 1.85 bits per heavy atom. The van der Waals surface area contributed by atoms with Crippen LogP contribution in [0.2, 0.25) is 0 Å². The molecule has 0 aromatic heterocycles. The molecule has 3 fully saturated rings. The van der Waals surface area contributed by atoms with E-state index in [4.69, 9.17) is 0 Å². The maximum absolute atomic E-state index is 15.7. The molecule has 1 N–H and O–H groups in total. The number of halogens is 1. The van der Waals surface area contributed by atoms with Gasteiger partial charge in [0, 0.05) is 37.2 Å². The highest BCUT2D eigenvalue weighted by atomic mass is 32.2. The van der Waals surface area contributed by atoms with Crippen molar-refractivity contribution < 1.29 is 17.6 Å². The van der Waals surface area contributed by atoms with E-state index in [-0.39, 0.29) is 23.7 Å². The number of hydrogen-bond acceptors (Lipinski definition) is 3. The first-order chi connectivity index (χ1) is 16.2. The van der Waals surface area contributed by atoms with Crippen molar-refractivity contribution in [3.63, 3.8) is 0 Å². The van der Waals surface area contributed by atoms with Gasteiger partial charge in [0.25, 0.3) is 0 Å². The third-order valence-electron chi connectivity index (χ3n) is 7.56. The number of carbonyl (C=O) groups is 1. The fraction of sp³-hybridized carbons (Fsp3) is 0.500. The van der Waals surface area contributed by atoms with Crippen molar-refractivity contribution in [2.45, 2.75) is 44.2 Å². The third kappa shape index (κ3) is 4.70. The van der Waals surface area contributed by atoms with Gasteiger partial charge < -0.3 is 9.80 Å². The molecule has 2 aromatic rings. The quantitative estimate of drug-likeness (QED) is 0.647. The van der Waals surface area contributed by atoms with Gasteiger partial charge in [-0.15, -0.1) is 0 Å². The molecule has 1 aliphatic heterocycles. The lowest BCUT2D eigenvalue weighted by Crippen LogP contribution is -2.51. The second kappa shape index (κ2) is 8.64. The lowest BCUT2D eigenvalue weighted by molar-refractivity contribution is 0.152. The zero-order chi connectivity index (χ0) is 24.1. The van der Waals surface area contributed by atoms with Gasteiger partial charge in [0.15, 0.2) is 0 Å². The van der Waals surface area contributed by atoms with Crippen LogP contribution < -0.4 is 4.72 Å². The normalized spacial score (nSPS) is 23.3. The number of sulfonamides is 1. The Morgan fingerprint density at radius 3 is 2.47 bits per heavy atom. The van der Waals surface area contributed by atoms with Gasteiger partial charge in [-0.1, -0.05) is 48.5 Å². The molecule has 0 bridgehead atoms. The summed E-state index contributed by atoms with van der Waals surface area (Å²) in [5, 5.41) is 0. The summed E-state index contributed by atoms with van der Waals surface area (Å²) in [6.07, 6.45) is 5.41. The SMILES string of the molecule is CN(CC1CC1)C(=O)N1CC2(CC2)[C@H](NS(C)(=O)=O)[C@@H]1Cc1cccc(-c2ccccc2)c1F. The number of rotatable bonds is 7. The first-order valence-corrected chi connectivity index (χ1v) is 13.9. The van der Waals surface area contributed by atoms with Crippen molar-refractivity contribution in [1.29, 1.82) is 0 Å². The van der Waals surface area contributed by atoms with Crippen LogP contribution in [0.1, 0.15) is 31.2 Å². The summed E-state index contributed by atoms with van der Waals surface area (Å²) in [6.45, 7) is 1.20. The van der Waals surface area contributed by atoms with Crippen LogP contribution in [0.3, 0.4) is 0 Å². The van der Waals surface area contributed by atoms with Crippen LogP contribution >= 0.6 is 0 Å². The Balaban J connectivity index is 1.48. The van der Waals surface area contributed by atoms with E-state index in [1.165, 1.54) is 0 Å². The smallest absolute Gasteiger partial charge is 0.320 e. The predicted octanol–water partition coefficient (Wildman–Crippen LogP) is 3.88. The number of hydrogen-bond donors (Lipinski definition) is 1. The molecule has 1 saturated heterocycles. The second-order valence-corrected chi connectivity index (χ2v) is 12.2. The largest absolute Gasteiger partial charge is 0.327 e. The summed E-state index contributed by atoms with van der Waals surface area (Å²) in [6, 6.07) is 13.7. The van der Waals surface area contributed by atoms with Crippen molar-refractivity contribution in [2.24, 2.45) is 11.3 Å². The highest BCUT2D eigenvalue weighted by Gasteiger charge is 2.61. The van der Waals surface area contributed by atoms with E-state index >= 15 is 4.39 Å². The standard InChI is InChI=1S/C26H32FN3O3S/c1-29(16-18-11-12-18)25(31)30-17-26(13-14-26)24(28-34(2,32)33)22(30)15-20-9-6-10-21(23(20)27)19-7-4-3-5-8-19/h3-10,18,22,24,28H,11-17H2,1-2H3/t22-,24+/m0/s1. The van der Waals surface area contributed by atoms with Gasteiger partial charge >= 0.3 is 6.03 Å². The Morgan fingerprint density at radius 1 is 1.15 bits per heavy atom. The van der Waals surface area contributed by atoms with Gasteiger partial charge in [-0.2, -0.15) is 0 Å². The zero-order valence-corrected chi connectivity index (χ0v) is 20.5. The maximum atomic E-state index is 15.7. The number of urea groups is 1. The van der Waals surface area contributed by atoms with Gasteiger partial charge in [-0.05, 0) is 49.1 Å². The molecule has 6 nitrogen and oxygen atoms in total. The maximum Gasteiger partial charge on any atom is 0.320 e. The minimum Gasteiger partial charge on any atom is -0.327 e. The highest BCUT2D eigenvalue weighted by molar-refractivity contribution is 7.88. The average Bonchev–Trinajstić information content (AvgIpc) is 3.72. The third-order valence-corrected chi connectivity index (χ3v) is 8.24. The first kappa shape index (κ1) is 23.3. The van der Waals surface area contributed by atoms with E-state index in [9.17, 15) is 13.2 Å². The summed E-state index contributed by atoms with van der Waals surface area (Å²) < 4.78 is 43.1. The lowest BCUT2D eigenvalue weighted by atomic mass is 9.91. The molecule has 0 unspecified atom stereocenters. The summed E-state index contributed by atoms with van der Waals surface area (Å²) >= 11 is 0. The molecule has 2 amide bonds. The van der Waals surface area contributed by atoms with Crippen LogP contribution in [-0.4, -0.2) is 62.7 Å². The molecule has 1 heterocycles. The first-order valence-electron chi connectivity index (χ1n) is 12.0. The fourth-order valence-corrected chi connectivity index (χ4v) is 6.30. The van der Waals surface area contributed by atoms with Crippen molar-refractivity contribution in [2.75, 3.05) is 26.4 Å². The van der Waals surface area contributed by atoms with Gasteiger partial charge in [-0.25, -0.2) is 22.3 Å². The van der Waals surface area contributed by atoms with Gasteiger partial charge in [-0.3, -0.25) is 0 Å². The molecule has 3 aliphatic rings. The topological polar surface area (TPSA) is 69.7 Å². The van der Waals surface area contributed by atoms with Crippen LogP contribution in [-0.2, 0) is 16.4 Å². The Bertz CT molecular complexity index is 1180. The summed E-state index contributed by atoms with van der Waals surface area (Å²) in [4.78, 5) is 17.0. The summed E-state index contributed by atoms with van der Waals surface area (Å²) in [5.74, 6) is 0.233. The van der Waals surface area contributed by atoms with Crippen molar-refractivity contribution in [3.05, 3.63) is 59.9 Å². The monoisotopic (exact) mass is 485 g/mol. The van der Waals surface area contributed by atoms with Crippen LogP contribution in [0.4, 0.5) is 9.18 Å². The molecule has 5 rings (SSSR count). The molecular weight excluding hydrogens is 453 g/mol. The van der Waals surface area contributed by atoms with E-state index in [1.807, 2.05) is 43.4 Å². The Kier molecular flexibility index (Phi) is 5.92. The number of nitrogens with zero attached hydrogens (tertiary/aromatic N) is 2. The molecule has 2 atom stereocenters. The number of benzene rings is 2. The average molecular weight is 486 g/mol. The van der Waals surface area contributed by atoms with E-state index < -0.39 is 22.1 Å².